The quantitative estimate of drug-likeness (QED) is 0.596. The van der Waals surface area contributed by atoms with Crippen molar-refractivity contribution in [3.63, 3.8) is 0 Å². The minimum atomic E-state index is -0.430. The minimum Gasteiger partial charge on any atom is -0.310 e. The monoisotopic (exact) mass is 267 g/mol. The van der Waals surface area contributed by atoms with Crippen LogP contribution in [0.15, 0.2) is 12.2 Å². The molecule has 0 fully saturated rings. The Kier molecular flexibility index (Phi) is 8.24. The molecule has 0 saturated heterocycles. The van der Waals surface area contributed by atoms with Crippen LogP contribution in [0.3, 0.4) is 0 Å². The number of hydrogen-bond acceptors (Lipinski definition) is 2. The third kappa shape index (κ3) is 5.90. The fourth-order valence-electron chi connectivity index (χ4n) is 2.04. The number of nitrogens with one attached hydrogen (secondary N) is 1. The van der Waals surface area contributed by atoms with Crippen molar-refractivity contribution in [2.45, 2.75) is 73.3 Å². The molecule has 0 aromatic carbocycles. The van der Waals surface area contributed by atoms with Crippen molar-refractivity contribution in [1.82, 2.24) is 5.32 Å². The Labute approximate surface area is 120 Å². The fourth-order valence-corrected chi connectivity index (χ4v) is 2.04. The van der Waals surface area contributed by atoms with Crippen molar-refractivity contribution >= 4 is 5.78 Å². The van der Waals surface area contributed by atoms with Gasteiger partial charge in [-0.3, -0.25) is 4.79 Å². The van der Waals surface area contributed by atoms with E-state index in [4.69, 9.17) is 0 Å². The Morgan fingerprint density at radius 1 is 1.26 bits per heavy atom. The number of ketones is 1. The largest absolute Gasteiger partial charge is 0.310 e. The van der Waals surface area contributed by atoms with E-state index in [1.165, 1.54) is 12.8 Å². The molecule has 0 bridgehead atoms. The van der Waals surface area contributed by atoms with E-state index in [1.807, 2.05) is 13.8 Å². The van der Waals surface area contributed by atoms with E-state index in [1.54, 1.807) is 6.92 Å². The fraction of sp³-hybridized carbons (Fsp3) is 0.824. The summed E-state index contributed by atoms with van der Waals surface area (Å²) in [5, 5.41) is 3.56. The molecule has 2 nitrogen and oxygen atoms in total. The van der Waals surface area contributed by atoms with E-state index in [0.717, 1.165) is 30.9 Å². The van der Waals surface area contributed by atoms with Gasteiger partial charge in [0.1, 0.15) is 5.78 Å². The average Bonchev–Trinajstić information content (AvgIpc) is 2.37. The van der Waals surface area contributed by atoms with Crippen LogP contribution >= 0.6 is 0 Å². The van der Waals surface area contributed by atoms with Crippen LogP contribution in [0.25, 0.3) is 0 Å². The smallest absolute Gasteiger partial charge is 0.139 e. The predicted octanol–water partition coefficient (Wildman–Crippen LogP) is 4.35. The summed E-state index contributed by atoms with van der Waals surface area (Å²) < 4.78 is 0. The van der Waals surface area contributed by atoms with Gasteiger partial charge in [-0.05, 0) is 58.1 Å². The summed E-state index contributed by atoms with van der Waals surface area (Å²) in [6, 6.07) is 0.257. The van der Waals surface area contributed by atoms with Crippen LogP contribution in [-0.4, -0.2) is 18.4 Å². The maximum absolute atomic E-state index is 11.8. The number of carbonyl (C=O) groups excluding carboxylic acids is 1. The molecule has 0 saturated carbocycles. The summed E-state index contributed by atoms with van der Waals surface area (Å²) in [4.78, 5) is 11.8. The lowest BCUT2D eigenvalue weighted by atomic mass is 9.76. The standard InChI is InChI=1S/C17H33NO/c1-8-12-18-16(11-10-13(3)9-2)14(4)17(6,7)15(5)19/h13,16,18H,4,8-12H2,1-3,5-7H3. The molecular formula is C17H33NO. The SMILES string of the molecule is C=C(C(CCC(C)CC)NCCC)C(C)(C)C(C)=O. The first-order valence-electron chi connectivity index (χ1n) is 7.70. The van der Waals surface area contributed by atoms with Gasteiger partial charge in [0.2, 0.25) is 0 Å². The van der Waals surface area contributed by atoms with Crippen molar-refractivity contribution < 1.29 is 4.79 Å². The van der Waals surface area contributed by atoms with Crippen molar-refractivity contribution in [2.75, 3.05) is 6.54 Å². The zero-order valence-electron chi connectivity index (χ0n) is 13.8. The van der Waals surface area contributed by atoms with Crippen molar-refractivity contribution in [2.24, 2.45) is 11.3 Å². The Balaban J connectivity index is 4.73. The van der Waals surface area contributed by atoms with Gasteiger partial charge >= 0.3 is 0 Å². The predicted molar refractivity (Wildman–Crippen MR) is 84.4 cm³/mol. The zero-order chi connectivity index (χ0) is 15.1. The molecule has 112 valence electrons. The van der Waals surface area contributed by atoms with E-state index < -0.39 is 5.41 Å². The molecule has 19 heavy (non-hydrogen) atoms. The molecule has 0 aliphatic heterocycles. The van der Waals surface area contributed by atoms with E-state index in [2.05, 4.69) is 32.7 Å². The van der Waals surface area contributed by atoms with Crippen molar-refractivity contribution in [3.05, 3.63) is 12.2 Å². The third-order valence-electron chi connectivity index (χ3n) is 4.39. The first-order valence-corrected chi connectivity index (χ1v) is 7.70. The van der Waals surface area contributed by atoms with Gasteiger partial charge in [-0.1, -0.05) is 33.8 Å². The summed E-state index contributed by atoms with van der Waals surface area (Å²) in [5.74, 6) is 0.934. The average molecular weight is 267 g/mol. The molecule has 1 N–H and O–H groups in total. The number of Topliss-reactive ketones (excluding diaryl/α,β-unsaturated/α-hetero) is 1. The van der Waals surface area contributed by atoms with Crippen LogP contribution in [-0.2, 0) is 4.79 Å². The van der Waals surface area contributed by atoms with Gasteiger partial charge in [0.05, 0.1) is 0 Å². The number of rotatable bonds is 10. The highest BCUT2D eigenvalue weighted by atomic mass is 16.1. The first kappa shape index (κ1) is 18.4. The van der Waals surface area contributed by atoms with Gasteiger partial charge in [-0.15, -0.1) is 0 Å². The van der Waals surface area contributed by atoms with Gasteiger partial charge in [0, 0.05) is 11.5 Å². The first-order chi connectivity index (χ1) is 8.77. The summed E-state index contributed by atoms with van der Waals surface area (Å²) in [7, 11) is 0. The third-order valence-corrected chi connectivity index (χ3v) is 4.39. The highest BCUT2D eigenvalue weighted by Gasteiger charge is 2.31. The molecule has 2 atom stereocenters. The van der Waals surface area contributed by atoms with E-state index in [0.29, 0.717) is 0 Å². The second-order valence-corrected chi connectivity index (χ2v) is 6.30. The maximum Gasteiger partial charge on any atom is 0.139 e. The molecule has 0 heterocycles. The zero-order valence-corrected chi connectivity index (χ0v) is 13.8. The van der Waals surface area contributed by atoms with E-state index in [-0.39, 0.29) is 11.8 Å². The van der Waals surface area contributed by atoms with Crippen molar-refractivity contribution in [1.29, 1.82) is 0 Å². The molecule has 2 heteroatoms. The molecular weight excluding hydrogens is 234 g/mol. The second kappa shape index (κ2) is 8.52. The van der Waals surface area contributed by atoms with Crippen LogP contribution in [0.2, 0.25) is 0 Å². The van der Waals surface area contributed by atoms with Gasteiger partial charge < -0.3 is 5.32 Å². The van der Waals surface area contributed by atoms with Gasteiger partial charge in [0.25, 0.3) is 0 Å². The van der Waals surface area contributed by atoms with E-state index in [9.17, 15) is 4.79 Å². The summed E-state index contributed by atoms with van der Waals surface area (Å²) >= 11 is 0. The maximum atomic E-state index is 11.8. The Morgan fingerprint density at radius 2 is 1.84 bits per heavy atom. The molecule has 0 aliphatic carbocycles. The van der Waals surface area contributed by atoms with Gasteiger partial charge in [0.15, 0.2) is 0 Å². The van der Waals surface area contributed by atoms with Gasteiger partial charge in [-0.2, -0.15) is 0 Å². The summed E-state index contributed by atoms with van der Waals surface area (Å²) in [6.07, 6.45) is 4.58. The topological polar surface area (TPSA) is 29.1 Å². The highest BCUT2D eigenvalue weighted by molar-refractivity contribution is 5.84. The van der Waals surface area contributed by atoms with Gasteiger partial charge in [-0.25, -0.2) is 0 Å². The lowest BCUT2D eigenvalue weighted by Crippen LogP contribution is -2.39. The number of hydrogen-bond donors (Lipinski definition) is 1. The normalized spacial score (nSPS) is 15.1. The van der Waals surface area contributed by atoms with Crippen LogP contribution in [0.1, 0.15) is 67.2 Å². The van der Waals surface area contributed by atoms with E-state index >= 15 is 0 Å². The molecule has 2 unspecified atom stereocenters. The Hall–Kier alpha value is -0.630. The lowest BCUT2D eigenvalue weighted by molar-refractivity contribution is -0.123. The van der Waals surface area contributed by atoms with Crippen molar-refractivity contribution in [3.8, 4) is 0 Å². The summed E-state index contributed by atoms with van der Waals surface area (Å²) in [6.45, 7) is 17.5. The lowest BCUT2D eigenvalue weighted by Gasteiger charge is -2.32. The molecule has 0 amide bonds. The van der Waals surface area contributed by atoms with Crippen LogP contribution in [0.5, 0.6) is 0 Å². The molecule has 0 aliphatic rings. The van der Waals surface area contributed by atoms with Crippen LogP contribution in [0.4, 0.5) is 0 Å². The Morgan fingerprint density at radius 3 is 2.26 bits per heavy atom. The number of carbonyl (C=O) groups is 1. The van der Waals surface area contributed by atoms with Crippen LogP contribution < -0.4 is 5.32 Å². The second-order valence-electron chi connectivity index (χ2n) is 6.30. The molecule has 0 aromatic heterocycles. The highest BCUT2D eigenvalue weighted by Crippen LogP contribution is 2.31. The van der Waals surface area contributed by atoms with Crippen LogP contribution in [0, 0.1) is 11.3 Å². The molecule has 0 aromatic rings. The molecule has 0 rings (SSSR count). The minimum absolute atomic E-state index is 0.198. The molecule has 0 radical (unpaired) electrons. The summed E-state index contributed by atoms with van der Waals surface area (Å²) in [5.41, 5.74) is 0.609. The molecule has 0 spiro atoms. The Bertz CT molecular complexity index is 294.